The van der Waals surface area contributed by atoms with Crippen LogP contribution < -0.4 is 10.6 Å². The minimum atomic E-state index is -0.375. The minimum absolute atomic E-state index is 0.00347. The summed E-state index contributed by atoms with van der Waals surface area (Å²) in [5, 5.41) is 4.88. The third-order valence-corrected chi connectivity index (χ3v) is 2.01. The monoisotopic (exact) mass is 156 g/mol. The lowest BCUT2D eigenvalue weighted by Gasteiger charge is -2.27. The van der Waals surface area contributed by atoms with Gasteiger partial charge < -0.3 is 5.32 Å². The van der Waals surface area contributed by atoms with Gasteiger partial charge in [-0.3, -0.25) is 10.1 Å². The van der Waals surface area contributed by atoms with Gasteiger partial charge in [-0.25, -0.2) is 4.79 Å². The Morgan fingerprint density at radius 2 is 2.09 bits per heavy atom. The second-order valence-electron chi connectivity index (χ2n) is 2.77. The molecule has 2 N–H and O–H groups in total. The fourth-order valence-electron chi connectivity index (χ4n) is 1.19. The Labute approximate surface area is 65.3 Å². The van der Waals surface area contributed by atoms with E-state index in [2.05, 4.69) is 10.6 Å². The Bertz CT molecular complexity index is 191. The van der Waals surface area contributed by atoms with E-state index in [1.54, 1.807) is 0 Å². The van der Waals surface area contributed by atoms with E-state index in [4.69, 9.17) is 0 Å². The lowest BCUT2D eigenvalue weighted by molar-refractivity contribution is -0.125. The summed E-state index contributed by atoms with van der Waals surface area (Å²) in [7, 11) is 0. The molecule has 0 saturated carbocycles. The summed E-state index contributed by atoms with van der Waals surface area (Å²) in [6, 6.07) is -0.379. The molecule has 1 fully saturated rings. The summed E-state index contributed by atoms with van der Waals surface area (Å²) in [5.41, 5.74) is 0. The van der Waals surface area contributed by atoms with E-state index >= 15 is 0 Å². The molecule has 0 aromatic carbocycles. The lowest BCUT2D eigenvalue weighted by atomic mass is 9.97. The van der Waals surface area contributed by atoms with Gasteiger partial charge in [-0.2, -0.15) is 0 Å². The maximum atomic E-state index is 11.0. The van der Waals surface area contributed by atoms with E-state index in [9.17, 15) is 9.59 Å². The van der Waals surface area contributed by atoms with E-state index in [0.717, 1.165) is 6.42 Å². The van der Waals surface area contributed by atoms with Crippen LogP contribution in [-0.4, -0.2) is 18.0 Å². The van der Waals surface area contributed by atoms with Crippen molar-refractivity contribution in [3.63, 3.8) is 0 Å². The summed E-state index contributed by atoms with van der Waals surface area (Å²) in [5.74, 6) is -0.293. The molecule has 11 heavy (non-hydrogen) atoms. The molecule has 3 amide bonds. The molecular weight excluding hydrogens is 144 g/mol. The summed E-state index contributed by atoms with van der Waals surface area (Å²) in [6.45, 7) is 3.75. The Morgan fingerprint density at radius 1 is 1.45 bits per heavy atom. The molecule has 1 aliphatic heterocycles. The van der Waals surface area contributed by atoms with Crippen molar-refractivity contribution in [3.8, 4) is 0 Å². The normalized spacial score (nSPS) is 31.1. The van der Waals surface area contributed by atoms with Crippen LogP contribution in [0.2, 0.25) is 0 Å². The van der Waals surface area contributed by atoms with Crippen LogP contribution in [0.25, 0.3) is 0 Å². The molecule has 2 atom stereocenters. The molecule has 0 radical (unpaired) electrons. The highest BCUT2D eigenvalue weighted by molar-refractivity contribution is 5.98. The molecule has 0 spiro atoms. The zero-order valence-electron chi connectivity index (χ0n) is 6.68. The van der Waals surface area contributed by atoms with Crippen LogP contribution in [0.4, 0.5) is 4.79 Å². The number of hydrogen-bond donors (Lipinski definition) is 2. The number of carbonyl (C=O) groups is 2. The highest BCUT2D eigenvalue weighted by Crippen LogP contribution is 2.09. The number of amides is 3. The smallest absolute Gasteiger partial charge is 0.321 e. The first kappa shape index (κ1) is 8.04. The number of hydrogen-bond acceptors (Lipinski definition) is 2. The lowest BCUT2D eigenvalue weighted by Crippen LogP contribution is -2.56. The van der Waals surface area contributed by atoms with Crippen LogP contribution >= 0.6 is 0 Å². The second kappa shape index (κ2) is 2.90. The van der Waals surface area contributed by atoms with Gasteiger partial charge in [-0.1, -0.05) is 13.8 Å². The topological polar surface area (TPSA) is 58.2 Å². The fourth-order valence-corrected chi connectivity index (χ4v) is 1.19. The Kier molecular flexibility index (Phi) is 2.12. The molecule has 1 saturated heterocycles. The molecule has 62 valence electrons. The van der Waals surface area contributed by atoms with E-state index in [-0.39, 0.29) is 23.9 Å². The molecule has 1 rings (SSSR count). The van der Waals surface area contributed by atoms with Crippen molar-refractivity contribution >= 4 is 11.9 Å². The zero-order chi connectivity index (χ0) is 8.43. The van der Waals surface area contributed by atoms with Crippen molar-refractivity contribution in [2.24, 2.45) is 5.92 Å². The van der Waals surface area contributed by atoms with Crippen LogP contribution in [0.5, 0.6) is 0 Å². The fraction of sp³-hybridized carbons (Fsp3) is 0.714. The molecule has 4 nitrogen and oxygen atoms in total. The SMILES string of the molecule is CCC1NC(=O)NC(=O)C1C. The summed E-state index contributed by atoms with van der Waals surface area (Å²) in [6.07, 6.45) is 0.792. The minimum Gasteiger partial charge on any atom is -0.334 e. The number of imide groups is 1. The summed E-state index contributed by atoms with van der Waals surface area (Å²) < 4.78 is 0. The van der Waals surface area contributed by atoms with Crippen molar-refractivity contribution in [1.82, 2.24) is 10.6 Å². The van der Waals surface area contributed by atoms with Crippen molar-refractivity contribution in [2.75, 3.05) is 0 Å². The average Bonchev–Trinajstić information content (AvgIpc) is 1.96. The van der Waals surface area contributed by atoms with Crippen LogP contribution in [0.3, 0.4) is 0 Å². The van der Waals surface area contributed by atoms with Gasteiger partial charge in [-0.05, 0) is 6.42 Å². The first-order chi connectivity index (χ1) is 5.15. The predicted molar refractivity (Wildman–Crippen MR) is 39.9 cm³/mol. The third kappa shape index (κ3) is 1.50. The highest BCUT2D eigenvalue weighted by atomic mass is 16.2. The summed E-state index contributed by atoms with van der Waals surface area (Å²) in [4.78, 5) is 21.7. The largest absolute Gasteiger partial charge is 0.334 e. The van der Waals surface area contributed by atoms with E-state index in [0.29, 0.717) is 0 Å². The molecular formula is C7H12N2O2. The van der Waals surface area contributed by atoms with Crippen molar-refractivity contribution in [3.05, 3.63) is 0 Å². The first-order valence-electron chi connectivity index (χ1n) is 3.76. The number of nitrogens with one attached hydrogen (secondary N) is 2. The molecule has 4 heteroatoms. The number of urea groups is 1. The quantitative estimate of drug-likeness (QED) is 0.571. The maximum absolute atomic E-state index is 11.0. The van der Waals surface area contributed by atoms with E-state index < -0.39 is 0 Å². The molecule has 0 aromatic heterocycles. The van der Waals surface area contributed by atoms with Crippen LogP contribution in [0.1, 0.15) is 20.3 Å². The number of carbonyl (C=O) groups excluding carboxylic acids is 2. The van der Waals surface area contributed by atoms with Gasteiger partial charge in [-0.15, -0.1) is 0 Å². The van der Waals surface area contributed by atoms with Crippen molar-refractivity contribution in [1.29, 1.82) is 0 Å². The zero-order valence-corrected chi connectivity index (χ0v) is 6.68. The third-order valence-electron chi connectivity index (χ3n) is 2.01. The summed E-state index contributed by atoms with van der Waals surface area (Å²) >= 11 is 0. The van der Waals surface area contributed by atoms with E-state index in [1.807, 2.05) is 13.8 Å². The van der Waals surface area contributed by atoms with Crippen LogP contribution in [0.15, 0.2) is 0 Å². The molecule has 2 unspecified atom stereocenters. The number of rotatable bonds is 1. The molecule has 0 bridgehead atoms. The standard InChI is InChI=1S/C7H12N2O2/c1-3-5-4(2)6(10)9-7(11)8-5/h4-5H,3H2,1-2H3,(H2,8,9,10,11). The second-order valence-corrected chi connectivity index (χ2v) is 2.77. The average molecular weight is 156 g/mol. The van der Waals surface area contributed by atoms with Crippen LogP contribution in [-0.2, 0) is 4.79 Å². The Hall–Kier alpha value is -1.06. The van der Waals surface area contributed by atoms with Crippen LogP contribution in [0, 0.1) is 5.92 Å². The van der Waals surface area contributed by atoms with E-state index in [1.165, 1.54) is 0 Å². The van der Waals surface area contributed by atoms with Gasteiger partial charge in [0.2, 0.25) is 5.91 Å². The van der Waals surface area contributed by atoms with Crippen molar-refractivity contribution < 1.29 is 9.59 Å². The van der Waals surface area contributed by atoms with Gasteiger partial charge >= 0.3 is 6.03 Å². The maximum Gasteiger partial charge on any atom is 0.321 e. The molecule has 0 aliphatic carbocycles. The van der Waals surface area contributed by atoms with Crippen molar-refractivity contribution in [2.45, 2.75) is 26.3 Å². The van der Waals surface area contributed by atoms with Gasteiger partial charge in [0.1, 0.15) is 0 Å². The molecule has 1 aliphatic rings. The Balaban J connectivity index is 2.66. The molecule has 0 aromatic rings. The first-order valence-corrected chi connectivity index (χ1v) is 3.76. The Morgan fingerprint density at radius 3 is 2.64 bits per heavy atom. The van der Waals surface area contributed by atoms with Gasteiger partial charge in [0.25, 0.3) is 0 Å². The highest BCUT2D eigenvalue weighted by Gasteiger charge is 2.30. The molecule has 1 heterocycles. The van der Waals surface area contributed by atoms with Gasteiger partial charge in [0, 0.05) is 6.04 Å². The predicted octanol–water partition coefficient (Wildman–Crippen LogP) is 0.241. The van der Waals surface area contributed by atoms with Gasteiger partial charge in [0.15, 0.2) is 0 Å². The van der Waals surface area contributed by atoms with Gasteiger partial charge in [0.05, 0.1) is 5.92 Å².